The van der Waals surface area contributed by atoms with Crippen molar-refractivity contribution in [1.82, 2.24) is 14.1 Å². The highest BCUT2D eigenvalue weighted by molar-refractivity contribution is 7.88. The summed E-state index contributed by atoms with van der Waals surface area (Å²) in [5, 5.41) is 4.49. The van der Waals surface area contributed by atoms with E-state index < -0.39 is 10.0 Å². The summed E-state index contributed by atoms with van der Waals surface area (Å²) in [7, 11) is -1.30. The predicted molar refractivity (Wildman–Crippen MR) is 82.9 cm³/mol. The second-order valence-corrected chi connectivity index (χ2v) is 7.43. The summed E-state index contributed by atoms with van der Waals surface area (Å²) in [6.07, 6.45) is 1.92. The van der Waals surface area contributed by atoms with Crippen molar-refractivity contribution >= 4 is 10.0 Å². The molecule has 0 N–H and O–H groups in total. The molecule has 0 saturated heterocycles. The van der Waals surface area contributed by atoms with Crippen LogP contribution in [0.3, 0.4) is 0 Å². The van der Waals surface area contributed by atoms with E-state index in [0.717, 1.165) is 22.7 Å². The molecule has 0 spiro atoms. The molecule has 3 rings (SSSR count). The first kappa shape index (κ1) is 15.1. The zero-order valence-corrected chi connectivity index (χ0v) is 13.5. The molecule has 0 atom stereocenters. The normalized spacial score (nSPS) is 15.5. The minimum atomic E-state index is -3.19. The van der Waals surface area contributed by atoms with E-state index in [2.05, 4.69) is 5.10 Å². The number of aromatic nitrogens is 2. The van der Waals surface area contributed by atoms with Crippen molar-refractivity contribution in [3.05, 3.63) is 47.3 Å². The molecule has 0 radical (unpaired) electrons. The van der Waals surface area contributed by atoms with Crippen LogP contribution in [0.15, 0.2) is 30.3 Å². The molecule has 1 aliphatic rings. The van der Waals surface area contributed by atoms with Crippen LogP contribution >= 0.6 is 0 Å². The van der Waals surface area contributed by atoms with Gasteiger partial charge in [-0.3, -0.25) is 4.68 Å². The van der Waals surface area contributed by atoms with E-state index in [4.69, 9.17) is 4.74 Å². The Morgan fingerprint density at radius 1 is 1.27 bits per heavy atom. The van der Waals surface area contributed by atoms with E-state index >= 15 is 0 Å². The van der Waals surface area contributed by atoms with Crippen LogP contribution in [0.4, 0.5) is 0 Å². The van der Waals surface area contributed by atoms with Crippen LogP contribution in [-0.4, -0.2) is 35.3 Å². The van der Waals surface area contributed by atoms with Gasteiger partial charge in [0, 0.05) is 37.8 Å². The molecular formula is C15H19N3O3S. The lowest BCUT2D eigenvalue weighted by atomic mass is 10.1. The largest absolute Gasteiger partial charge is 0.487 e. The zero-order chi connectivity index (χ0) is 15.7. The lowest BCUT2D eigenvalue weighted by Gasteiger charge is -2.25. The maximum absolute atomic E-state index is 11.8. The molecule has 2 heterocycles. The number of hydrogen-bond acceptors (Lipinski definition) is 4. The van der Waals surface area contributed by atoms with Crippen molar-refractivity contribution in [3.63, 3.8) is 0 Å². The third-order valence-electron chi connectivity index (χ3n) is 3.88. The second-order valence-electron chi connectivity index (χ2n) is 5.44. The number of nitrogens with zero attached hydrogens (tertiary/aromatic N) is 3. The monoisotopic (exact) mass is 321 g/mol. The van der Waals surface area contributed by atoms with Crippen molar-refractivity contribution in [2.24, 2.45) is 7.05 Å². The quantitative estimate of drug-likeness (QED) is 0.852. The highest BCUT2D eigenvalue weighted by atomic mass is 32.2. The predicted octanol–water partition coefficient (Wildman–Crippen LogP) is 1.32. The number of rotatable bonds is 4. The summed E-state index contributed by atoms with van der Waals surface area (Å²) >= 11 is 0. The third-order valence-corrected chi connectivity index (χ3v) is 5.13. The fraction of sp³-hybridized carbons (Fsp3) is 0.400. The Labute approximate surface area is 130 Å². The molecular weight excluding hydrogens is 302 g/mol. The van der Waals surface area contributed by atoms with Gasteiger partial charge in [0.15, 0.2) is 0 Å². The van der Waals surface area contributed by atoms with E-state index in [0.29, 0.717) is 26.1 Å². The molecule has 22 heavy (non-hydrogen) atoms. The average Bonchev–Trinajstić information content (AvgIpc) is 2.81. The van der Waals surface area contributed by atoms with Gasteiger partial charge in [-0.1, -0.05) is 18.2 Å². The number of benzene rings is 1. The van der Waals surface area contributed by atoms with Gasteiger partial charge in [-0.25, -0.2) is 8.42 Å². The summed E-state index contributed by atoms with van der Waals surface area (Å²) in [6, 6.07) is 9.53. The van der Waals surface area contributed by atoms with Gasteiger partial charge >= 0.3 is 0 Å². The minimum Gasteiger partial charge on any atom is -0.487 e. The highest BCUT2D eigenvalue weighted by Gasteiger charge is 2.28. The first-order valence-corrected chi connectivity index (χ1v) is 8.96. The molecule has 6 nitrogen and oxygen atoms in total. The van der Waals surface area contributed by atoms with E-state index in [9.17, 15) is 8.42 Å². The maximum atomic E-state index is 11.8. The third kappa shape index (κ3) is 3.00. The SMILES string of the molecule is Cn1nc(COc2ccccc2)c2c1CCN(S(C)(=O)=O)C2. The molecule has 0 aliphatic carbocycles. The Kier molecular flexibility index (Phi) is 3.92. The Bertz CT molecular complexity index is 769. The molecule has 118 valence electrons. The standard InChI is InChI=1S/C15H19N3O3S/c1-17-15-8-9-18(22(2,19)20)10-13(15)14(16-17)11-21-12-6-4-3-5-7-12/h3-7H,8-11H2,1-2H3. The van der Waals surface area contributed by atoms with Crippen molar-refractivity contribution < 1.29 is 13.2 Å². The Morgan fingerprint density at radius 3 is 2.68 bits per heavy atom. The van der Waals surface area contributed by atoms with Gasteiger partial charge in [-0.2, -0.15) is 9.40 Å². The molecule has 1 aromatic heterocycles. The first-order chi connectivity index (χ1) is 10.4. The van der Waals surface area contributed by atoms with Gasteiger partial charge in [0.25, 0.3) is 0 Å². The fourth-order valence-corrected chi connectivity index (χ4v) is 3.50. The van der Waals surface area contributed by atoms with Crippen LogP contribution < -0.4 is 4.74 Å². The van der Waals surface area contributed by atoms with Crippen molar-refractivity contribution in [3.8, 4) is 5.75 Å². The summed E-state index contributed by atoms with van der Waals surface area (Å²) in [5.41, 5.74) is 2.86. The van der Waals surface area contributed by atoms with E-state index in [1.165, 1.54) is 10.6 Å². The van der Waals surface area contributed by atoms with Crippen LogP contribution in [0.2, 0.25) is 0 Å². The molecule has 0 fully saturated rings. The Hall–Kier alpha value is -1.86. The van der Waals surface area contributed by atoms with Crippen molar-refractivity contribution in [2.45, 2.75) is 19.6 Å². The summed E-state index contributed by atoms with van der Waals surface area (Å²) in [4.78, 5) is 0. The molecule has 0 amide bonds. The average molecular weight is 321 g/mol. The molecule has 1 aromatic carbocycles. The van der Waals surface area contributed by atoms with Gasteiger partial charge in [-0.15, -0.1) is 0 Å². The fourth-order valence-electron chi connectivity index (χ4n) is 2.71. The lowest BCUT2D eigenvalue weighted by molar-refractivity contribution is 0.296. The van der Waals surface area contributed by atoms with E-state index in [1.54, 1.807) is 0 Å². The molecule has 0 saturated carbocycles. The van der Waals surface area contributed by atoms with Gasteiger partial charge in [0.2, 0.25) is 10.0 Å². The number of sulfonamides is 1. The lowest BCUT2D eigenvalue weighted by Crippen LogP contribution is -2.35. The smallest absolute Gasteiger partial charge is 0.211 e. The highest BCUT2D eigenvalue weighted by Crippen LogP contribution is 2.24. The second kappa shape index (κ2) is 5.73. The number of fused-ring (bicyclic) bond motifs is 1. The topological polar surface area (TPSA) is 64.4 Å². The van der Waals surface area contributed by atoms with Gasteiger partial charge in [-0.05, 0) is 12.1 Å². The Balaban J connectivity index is 1.82. The van der Waals surface area contributed by atoms with Crippen LogP contribution in [0.1, 0.15) is 17.0 Å². The number of para-hydroxylation sites is 1. The van der Waals surface area contributed by atoms with Gasteiger partial charge in [0.05, 0.1) is 6.26 Å². The van der Waals surface area contributed by atoms with Gasteiger partial charge < -0.3 is 4.74 Å². The zero-order valence-electron chi connectivity index (χ0n) is 12.7. The molecule has 0 bridgehead atoms. The maximum Gasteiger partial charge on any atom is 0.211 e. The van der Waals surface area contributed by atoms with Gasteiger partial charge in [0.1, 0.15) is 18.1 Å². The summed E-state index contributed by atoms with van der Waals surface area (Å²) in [6.45, 7) is 1.21. The van der Waals surface area contributed by atoms with E-state index in [1.807, 2.05) is 42.1 Å². The number of hydrogen-bond donors (Lipinski definition) is 0. The molecule has 1 aliphatic heterocycles. The molecule has 0 unspecified atom stereocenters. The van der Waals surface area contributed by atoms with Crippen LogP contribution in [0.25, 0.3) is 0 Å². The minimum absolute atomic E-state index is 0.338. The van der Waals surface area contributed by atoms with Crippen molar-refractivity contribution in [2.75, 3.05) is 12.8 Å². The van der Waals surface area contributed by atoms with E-state index in [-0.39, 0.29) is 0 Å². The van der Waals surface area contributed by atoms with Crippen LogP contribution in [0, 0.1) is 0 Å². The first-order valence-electron chi connectivity index (χ1n) is 7.12. The van der Waals surface area contributed by atoms with Crippen molar-refractivity contribution in [1.29, 1.82) is 0 Å². The van der Waals surface area contributed by atoms with Crippen LogP contribution in [-0.2, 0) is 36.6 Å². The summed E-state index contributed by atoms with van der Waals surface area (Å²) in [5.74, 6) is 0.776. The molecule has 7 heteroatoms. The number of aryl methyl sites for hydroxylation is 1. The Morgan fingerprint density at radius 2 is 2.00 bits per heavy atom. The molecule has 2 aromatic rings. The summed E-state index contributed by atoms with van der Waals surface area (Å²) < 4.78 is 32.6. The van der Waals surface area contributed by atoms with Crippen LogP contribution in [0.5, 0.6) is 5.75 Å². The number of ether oxygens (including phenoxy) is 1.